The Labute approximate surface area is 130 Å². The van der Waals surface area contributed by atoms with Gasteiger partial charge in [-0.15, -0.1) is 0 Å². The highest BCUT2D eigenvalue weighted by molar-refractivity contribution is 5.77. The molecule has 0 bridgehead atoms. The van der Waals surface area contributed by atoms with Crippen LogP contribution in [0.15, 0.2) is 30.7 Å². The van der Waals surface area contributed by atoms with Crippen molar-refractivity contribution in [2.24, 2.45) is 0 Å². The van der Waals surface area contributed by atoms with E-state index in [1.54, 1.807) is 6.20 Å². The van der Waals surface area contributed by atoms with Gasteiger partial charge in [-0.2, -0.15) is 5.10 Å². The van der Waals surface area contributed by atoms with Crippen molar-refractivity contribution < 1.29 is 4.79 Å². The van der Waals surface area contributed by atoms with E-state index in [0.717, 1.165) is 49.0 Å². The summed E-state index contributed by atoms with van der Waals surface area (Å²) in [5, 5.41) is 7.19. The van der Waals surface area contributed by atoms with Crippen molar-refractivity contribution in [3.05, 3.63) is 47.5 Å². The van der Waals surface area contributed by atoms with Crippen LogP contribution in [0.4, 0.5) is 0 Å². The minimum atomic E-state index is 0.151. The predicted molar refractivity (Wildman–Crippen MR) is 84.2 cm³/mol. The van der Waals surface area contributed by atoms with E-state index in [9.17, 15) is 4.79 Å². The number of carbonyl (C=O) groups is 1. The molecule has 1 saturated heterocycles. The summed E-state index contributed by atoms with van der Waals surface area (Å²) in [5.41, 5.74) is 3.34. The summed E-state index contributed by atoms with van der Waals surface area (Å²) in [6, 6.07) is 4.09. The van der Waals surface area contributed by atoms with Crippen LogP contribution in [0.5, 0.6) is 0 Å². The Balaban J connectivity index is 1.68. The minimum absolute atomic E-state index is 0.151. The zero-order valence-corrected chi connectivity index (χ0v) is 13.0. The molecule has 0 aliphatic carbocycles. The first kappa shape index (κ1) is 14.8. The number of aromatic nitrogens is 3. The molecular formula is C17H22N4O. The highest BCUT2D eigenvalue weighted by Gasteiger charge is 2.29. The summed E-state index contributed by atoms with van der Waals surface area (Å²) in [5.74, 6) is 0.225. The first-order valence-electron chi connectivity index (χ1n) is 7.94. The summed E-state index contributed by atoms with van der Waals surface area (Å²) in [6.07, 6.45) is 9.97. The Hall–Kier alpha value is -2.17. The summed E-state index contributed by atoms with van der Waals surface area (Å²) in [7, 11) is 0. The van der Waals surface area contributed by atoms with Gasteiger partial charge >= 0.3 is 0 Å². The van der Waals surface area contributed by atoms with E-state index < -0.39 is 0 Å². The van der Waals surface area contributed by atoms with Crippen LogP contribution in [-0.4, -0.2) is 32.5 Å². The van der Waals surface area contributed by atoms with E-state index in [1.165, 1.54) is 0 Å². The highest BCUT2D eigenvalue weighted by atomic mass is 16.2. The molecule has 5 nitrogen and oxygen atoms in total. The number of H-pyrrole nitrogens is 1. The van der Waals surface area contributed by atoms with Crippen molar-refractivity contribution in [3.8, 4) is 0 Å². The van der Waals surface area contributed by atoms with Crippen LogP contribution in [0.1, 0.15) is 48.5 Å². The molecule has 1 aliphatic heterocycles. The van der Waals surface area contributed by atoms with Crippen LogP contribution in [0.2, 0.25) is 0 Å². The monoisotopic (exact) mass is 298 g/mol. The van der Waals surface area contributed by atoms with Gasteiger partial charge in [0.15, 0.2) is 0 Å². The van der Waals surface area contributed by atoms with E-state index in [1.807, 2.05) is 36.4 Å². The van der Waals surface area contributed by atoms with Gasteiger partial charge in [0.25, 0.3) is 0 Å². The molecule has 5 heteroatoms. The lowest BCUT2D eigenvalue weighted by Crippen LogP contribution is -2.39. The number of nitrogens with zero attached hydrogens (tertiary/aromatic N) is 3. The molecule has 1 atom stereocenters. The predicted octanol–water partition coefficient (Wildman–Crippen LogP) is 2.80. The molecule has 1 fully saturated rings. The molecule has 1 N–H and O–H groups in total. The third-order valence-electron chi connectivity index (χ3n) is 4.37. The van der Waals surface area contributed by atoms with E-state index in [0.29, 0.717) is 6.42 Å². The highest BCUT2D eigenvalue weighted by Crippen LogP contribution is 2.31. The number of nitrogens with one attached hydrogen (secondary N) is 1. The van der Waals surface area contributed by atoms with Crippen LogP contribution in [0, 0.1) is 6.92 Å². The molecule has 3 heterocycles. The first-order chi connectivity index (χ1) is 10.8. The maximum Gasteiger partial charge on any atom is 0.223 e. The standard InChI is InChI=1S/C17H22N4O/c1-13-11-19-20-17(13)15-6-2-3-10-21(15)16(22)8-7-14-5-4-9-18-12-14/h4-5,9,11-12,15H,2-3,6-8,10H2,1H3,(H,19,20)/t15-/m0/s1. The number of piperidine rings is 1. The first-order valence-corrected chi connectivity index (χ1v) is 7.94. The summed E-state index contributed by atoms with van der Waals surface area (Å²) in [4.78, 5) is 18.8. The molecule has 1 amide bonds. The minimum Gasteiger partial charge on any atom is -0.334 e. The van der Waals surface area contributed by atoms with Gasteiger partial charge in [0, 0.05) is 25.4 Å². The second-order valence-electron chi connectivity index (χ2n) is 5.93. The Morgan fingerprint density at radius 1 is 1.41 bits per heavy atom. The van der Waals surface area contributed by atoms with Crippen molar-refractivity contribution in [2.75, 3.05) is 6.54 Å². The fraction of sp³-hybridized carbons (Fsp3) is 0.471. The Morgan fingerprint density at radius 3 is 3.05 bits per heavy atom. The Kier molecular flexibility index (Phi) is 4.51. The molecule has 0 spiro atoms. The molecule has 0 radical (unpaired) electrons. The Morgan fingerprint density at radius 2 is 2.32 bits per heavy atom. The van der Waals surface area contributed by atoms with Crippen molar-refractivity contribution in [2.45, 2.75) is 45.1 Å². The smallest absolute Gasteiger partial charge is 0.223 e. The van der Waals surface area contributed by atoms with Crippen LogP contribution in [0.25, 0.3) is 0 Å². The second-order valence-corrected chi connectivity index (χ2v) is 5.93. The van der Waals surface area contributed by atoms with E-state index in [2.05, 4.69) is 15.2 Å². The number of amides is 1. The molecule has 0 saturated carbocycles. The van der Waals surface area contributed by atoms with Gasteiger partial charge in [-0.25, -0.2) is 0 Å². The molecule has 1 aliphatic rings. The fourth-order valence-electron chi connectivity index (χ4n) is 3.16. The second kappa shape index (κ2) is 6.73. The molecule has 22 heavy (non-hydrogen) atoms. The number of rotatable bonds is 4. The average Bonchev–Trinajstić information content (AvgIpc) is 2.99. The van der Waals surface area contributed by atoms with Crippen molar-refractivity contribution in [1.82, 2.24) is 20.1 Å². The van der Waals surface area contributed by atoms with E-state index in [4.69, 9.17) is 0 Å². The zero-order valence-electron chi connectivity index (χ0n) is 13.0. The Bertz CT molecular complexity index is 623. The summed E-state index contributed by atoms with van der Waals surface area (Å²) >= 11 is 0. The number of hydrogen-bond donors (Lipinski definition) is 1. The molecule has 116 valence electrons. The third kappa shape index (κ3) is 3.18. The largest absolute Gasteiger partial charge is 0.334 e. The number of hydrogen-bond acceptors (Lipinski definition) is 3. The van der Waals surface area contributed by atoms with Crippen LogP contribution in [-0.2, 0) is 11.2 Å². The normalized spacial score (nSPS) is 18.4. The zero-order chi connectivity index (χ0) is 15.4. The van der Waals surface area contributed by atoms with Gasteiger partial charge in [-0.05, 0) is 49.8 Å². The lowest BCUT2D eigenvalue weighted by Gasteiger charge is -2.35. The number of aromatic amines is 1. The topological polar surface area (TPSA) is 61.9 Å². The number of aryl methyl sites for hydroxylation is 2. The molecule has 2 aromatic heterocycles. The average molecular weight is 298 g/mol. The van der Waals surface area contributed by atoms with Gasteiger partial charge in [0.05, 0.1) is 17.9 Å². The maximum atomic E-state index is 12.7. The van der Waals surface area contributed by atoms with Gasteiger partial charge in [-0.1, -0.05) is 6.07 Å². The van der Waals surface area contributed by atoms with E-state index in [-0.39, 0.29) is 11.9 Å². The van der Waals surface area contributed by atoms with Gasteiger partial charge in [-0.3, -0.25) is 14.9 Å². The molecule has 0 unspecified atom stereocenters. The SMILES string of the molecule is Cc1cn[nH]c1[C@@H]1CCCCN1C(=O)CCc1cccnc1. The van der Waals surface area contributed by atoms with Crippen LogP contribution < -0.4 is 0 Å². The van der Waals surface area contributed by atoms with Gasteiger partial charge < -0.3 is 4.90 Å². The lowest BCUT2D eigenvalue weighted by atomic mass is 9.96. The third-order valence-corrected chi connectivity index (χ3v) is 4.37. The van der Waals surface area contributed by atoms with Gasteiger partial charge in [0.2, 0.25) is 5.91 Å². The molecule has 3 rings (SSSR count). The van der Waals surface area contributed by atoms with E-state index >= 15 is 0 Å². The lowest BCUT2D eigenvalue weighted by molar-refractivity contribution is -0.135. The van der Waals surface area contributed by atoms with Crippen molar-refractivity contribution in [1.29, 1.82) is 0 Å². The van der Waals surface area contributed by atoms with Crippen molar-refractivity contribution >= 4 is 5.91 Å². The molecular weight excluding hydrogens is 276 g/mol. The number of likely N-dealkylation sites (tertiary alicyclic amines) is 1. The van der Waals surface area contributed by atoms with Gasteiger partial charge in [0.1, 0.15) is 0 Å². The molecule has 2 aromatic rings. The summed E-state index contributed by atoms with van der Waals surface area (Å²) in [6.45, 7) is 2.89. The maximum absolute atomic E-state index is 12.7. The fourth-order valence-corrected chi connectivity index (χ4v) is 3.16. The number of pyridine rings is 1. The van der Waals surface area contributed by atoms with Crippen LogP contribution >= 0.6 is 0 Å². The quantitative estimate of drug-likeness (QED) is 0.944. The van der Waals surface area contributed by atoms with Crippen LogP contribution in [0.3, 0.4) is 0 Å². The number of carbonyl (C=O) groups excluding carboxylic acids is 1. The molecule has 0 aromatic carbocycles. The summed E-state index contributed by atoms with van der Waals surface area (Å²) < 4.78 is 0. The van der Waals surface area contributed by atoms with Crippen molar-refractivity contribution in [3.63, 3.8) is 0 Å².